The molecule has 4 saturated carbocycles. The minimum Gasteiger partial charge on any atom is -0.497 e. The number of fused-ring (bicyclic) bond motifs is 1. The SMILES string of the molecule is COc1ccc(Cn2c(=O)ccc3c(NNC(=O)C45CC6CC(CC(C6)C4)C5)cccc32)cc1. The molecule has 0 unspecified atom stereocenters. The van der Waals surface area contributed by atoms with Gasteiger partial charge in [-0.25, -0.2) is 0 Å². The second-order valence-corrected chi connectivity index (χ2v) is 10.6. The predicted molar refractivity (Wildman–Crippen MR) is 133 cm³/mol. The molecule has 0 radical (unpaired) electrons. The molecule has 4 fully saturated rings. The highest BCUT2D eigenvalue weighted by molar-refractivity contribution is 5.93. The van der Waals surface area contributed by atoms with Crippen molar-refractivity contribution in [3.05, 3.63) is 70.5 Å². The van der Waals surface area contributed by atoms with E-state index in [1.54, 1.807) is 17.7 Å². The van der Waals surface area contributed by atoms with Crippen molar-refractivity contribution >= 4 is 22.5 Å². The van der Waals surface area contributed by atoms with E-state index in [0.717, 1.165) is 64.9 Å². The fourth-order valence-corrected chi connectivity index (χ4v) is 7.16. The fraction of sp³-hybridized carbons (Fsp3) is 0.429. The van der Waals surface area contributed by atoms with Gasteiger partial charge in [-0.05, 0) is 92.2 Å². The molecule has 2 N–H and O–H groups in total. The Balaban J connectivity index is 1.24. The Labute approximate surface area is 199 Å². The summed E-state index contributed by atoms with van der Waals surface area (Å²) in [5.41, 5.74) is 8.65. The van der Waals surface area contributed by atoms with Crippen molar-refractivity contribution in [1.29, 1.82) is 0 Å². The molecular formula is C28H31N3O3. The van der Waals surface area contributed by atoms with Crippen molar-refractivity contribution in [3.63, 3.8) is 0 Å². The van der Waals surface area contributed by atoms with E-state index in [1.807, 2.05) is 48.5 Å². The van der Waals surface area contributed by atoms with Crippen LogP contribution in [-0.2, 0) is 11.3 Å². The smallest absolute Gasteiger partial charge is 0.251 e. The van der Waals surface area contributed by atoms with Crippen LogP contribution in [0.2, 0.25) is 0 Å². The normalized spacial score (nSPS) is 27.0. The van der Waals surface area contributed by atoms with Gasteiger partial charge in [0.05, 0.1) is 30.3 Å². The number of pyridine rings is 1. The predicted octanol–water partition coefficient (Wildman–Crippen LogP) is 4.72. The lowest BCUT2D eigenvalue weighted by molar-refractivity contribution is -0.145. The zero-order valence-corrected chi connectivity index (χ0v) is 19.5. The molecule has 2 aromatic carbocycles. The topological polar surface area (TPSA) is 72.4 Å². The highest BCUT2D eigenvalue weighted by atomic mass is 16.5. The largest absolute Gasteiger partial charge is 0.497 e. The van der Waals surface area contributed by atoms with Crippen LogP contribution in [0.3, 0.4) is 0 Å². The first-order chi connectivity index (χ1) is 16.5. The molecule has 0 atom stereocenters. The first-order valence-corrected chi connectivity index (χ1v) is 12.3. The van der Waals surface area contributed by atoms with Crippen molar-refractivity contribution in [2.75, 3.05) is 12.5 Å². The standard InChI is InChI=1S/C28H31N3O3/c1-34-22-7-5-18(6-8-22)17-31-25-4-2-3-24(23(25)9-10-26(31)32)29-30-27(33)28-14-19-11-20(15-28)13-21(12-19)16-28/h2-10,19-21,29H,11-17H2,1H3,(H,30,33). The average molecular weight is 458 g/mol. The maximum atomic E-state index is 13.4. The summed E-state index contributed by atoms with van der Waals surface area (Å²) in [7, 11) is 1.64. The van der Waals surface area contributed by atoms with Gasteiger partial charge in [0.2, 0.25) is 5.91 Å². The molecule has 0 spiro atoms. The molecule has 3 aromatic rings. The Morgan fingerprint density at radius 1 is 0.971 bits per heavy atom. The summed E-state index contributed by atoms with van der Waals surface area (Å²) in [5, 5.41) is 0.904. The number of benzene rings is 2. The molecule has 34 heavy (non-hydrogen) atoms. The van der Waals surface area contributed by atoms with Crippen LogP contribution in [-0.4, -0.2) is 17.6 Å². The van der Waals surface area contributed by atoms with Gasteiger partial charge < -0.3 is 9.30 Å². The zero-order chi connectivity index (χ0) is 23.3. The average Bonchev–Trinajstić information content (AvgIpc) is 2.83. The molecule has 0 saturated heterocycles. The van der Waals surface area contributed by atoms with Crippen LogP contribution in [0.1, 0.15) is 44.1 Å². The lowest BCUT2D eigenvalue weighted by Gasteiger charge is -2.55. The molecule has 6 heteroatoms. The number of ether oxygens (including phenoxy) is 1. The number of rotatable bonds is 6. The van der Waals surface area contributed by atoms with Gasteiger partial charge in [0.1, 0.15) is 5.75 Å². The first-order valence-electron chi connectivity index (χ1n) is 12.3. The second kappa shape index (κ2) is 8.19. The lowest BCUT2D eigenvalue weighted by atomic mass is 9.49. The molecule has 4 aliphatic carbocycles. The molecular weight excluding hydrogens is 426 g/mol. The van der Waals surface area contributed by atoms with Gasteiger partial charge in [-0.1, -0.05) is 18.2 Å². The summed E-state index contributed by atoms with van der Waals surface area (Å²) in [6.45, 7) is 0.462. The minimum atomic E-state index is -0.206. The second-order valence-electron chi connectivity index (χ2n) is 10.6. The van der Waals surface area contributed by atoms with Crippen LogP contribution in [0.15, 0.2) is 59.4 Å². The highest BCUT2D eigenvalue weighted by Gasteiger charge is 2.54. The Morgan fingerprint density at radius 3 is 2.29 bits per heavy atom. The number of nitrogens with zero attached hydrogens (tertiary/aromatic N) is 1. The minimum absolute atomic E-state index is 0.0573. The Kier molecular flexibility index (Phi) is 5.12. The molecule has 1 aromatic heterocycles. The van der Waals surface area contributed by atoms with E-state index in [1.165, 1.54) is 19.3 Å². The number of methoxy groups -OCH3 is 1. The van der Waals surface area contributed by atoms with E-state index in [9.17, 15) is 9.59 Å². The Hall–Kier alpha value is -3.28. The van der Waals surface area contributed by atoms with Gasteiger partial charge in [0, 0.05) is 11.5 Å². The van der Waals surface area contributed by atoms with Crippen LogP contribution in [0.25, 0.3) is 10.9 Å². The number of nitrogens with one attached hydrogen (secondary N) is 2. The molecule has 7 rings (SSSR count). The van der Waals surface area contributed by atoms with E-state index in [-0.39, 0.29) is 16.9 Å². The Bertz CT molecular complexity index is 1260. The number of anilines is 1. The fourth-order valence-electron chi connectivity index (χ4n) is 7.16. The number of hydrogen-bond acceptors (Lipinski definition) is 4. The third kappa shape index (κ3) is 3.65. The van der Waals surface area contributed by atoms with Crippen molar-refractivity contribution in [3.8, 4) is 5.75 Å². The van der Waals surface area contributed by atoms with Gasteiger partial charge >= 0.3 is 0 Å². The van der Waals surface area contributed by atoms with Crippen LogP contribution in [0.5, 0.6) is 5.75 Å². The van der Waals surface area contributed by atoms with E-state index < -0.39 is 0 Å². The van der Waals surface area contributed by atoms with E-state index >= 15 is 0 Å². The summed E-state index contributed by atoms with van der Waals surface area (Å²) in [4.78, 5) is 26.1. The quantitative estimate of drug-likeness (QED) is 0.526. The van der Waals surface area contributed by atoms with Crippen LogP contribution < -0.4 is 21.1 Å². The van der Waals surface area contributed by atoms with Crippen molar-refractivity contribution < 1.29 is 9.53 Å². The van der Waals surface area contributed by atoms with E-state index in [4.69, 9.17) is 4.74 Å². The van der Waals surface area contributed by atoms with Crippen LogP contribution >= 0.6 is 0 Å². The highest BCUT2D eigenvalue weighted by Crippen LogP contribution is 2.60. The molecule has 1 heterocycles. The molecule has 0 aliphatic heterocycles. The van der Waals surface area contributed by atoms with E-state index in [2.05, 4.69) is 10.9 Å². The molecule has 4 aliphatic rings. The maximum absolute atomic E-state index is 13.4. The van der Waals surface area contributed by atoms with Gasteiger partial charge in [-0.2, -0.15) is 0 Å². The first kappa shape index (κ1) is 21.3. The third-order valence-electron chi connectivity index (χ3n) is 8.36. The number of hydrazine groups is 1. The lowest BCUT2D eigenvalue weighted by Crippen LogP contribution is -2.54. The van der Waals surface area contributed by atoms with Crippen LogP contribution in [0, 0.1) is 23.2 Å². The number of carbonyl (C=O) groups is 1. The van der Waals surface area contributed by atoms with Crippen molar-refractivity contribution in [1.82, 2.24) is 9.99 Å². The molecule has 176 valence electrons. The maximum Gasteiger partial charge on any atom is 0.251 e. The van der Waals surface area contributed by atoms with E-state index in [0.29, 0.717) is 6.54 Å². The van der Waals surface area contributed by atoms with Gasteiger partial charge in [-0.3, -0.25) is 20.4 Å². The Morgan fingerprint density at radius 2 is 1.65 bits per heavy atom. The summed E-state index contributed by atoms with van der Waals surface area (Å²) >= 11 is 0. The summed E-state index contributed by atoms with van der Waals surface area (Å²) in [6, 6.07) is 17.0. The number of carbonyl (C=O) groups excluding carboxylic acids is 1. The van der Waals surface area contributed by atoms with Gasteiger partial charge in [-0.15, -0.1) is 0 Å². The summed E-state index contributed by atoms with van der Waals surface area (Å²) in [6.07, 6.45) is 7.04. The molecule has 4 bridgehead atoms. The molecule has 6 nitrogen and oxygen atoms in total. The monoisotopic (exact) mass is 457 g/mol. The zero-order valence-electron chi connectivity index (χ0n) is 19.5. The summed E-state index contributed by atoms with van der Waals surface area (Å²) < 4.78 is 7.01. The van der Waals surface area contributed by atoms with Gasteiger partial charge in [0.25, 0.3) is 5.56 Å². The van der Waals surface area contributed by atoms with Gasteiger partial charge in [0.15, 0.2) is 0 Å². The molecule has 1 amide bonds. The summed E-state index contributed by atoms with van der Waals surface area (Å²) in [5.74, 6) is 3.09. The van der Waals surface area contributed by atoms with Crippen molar-refractivity contribution in [2.24, 2.45) is 23.2 Å². The number of hydrogen-bond donors (Lipinski definition) is 2. The van der Waals surface area contributed by atoms with Crippen LogP contribution in [0.4, 0.5) is 5.69 Å². The number of aromatic nitrogens is 1. The van der Waals surface area contributed by atoms with Crippen molar-refractivity contribution in [2.45, 2.75) is 45.1 Å². The number of amides is 1. The third-order valence-corrected chi connectivity index (χ3v) is 8.36.